The molecule has 2 heterocycles. The van der Waals surface area contributed by atoms with E-state index in [0.717, 1.165) is 35.3 Å². The number of anilines is 2. The van der Waals surface area contributed by atoms with Crippen molar-refractivity contribution in [3.8, 4) is 11.1 Å². The lowest BCUT2D eigenvalue weighted by molar-refractivity contribution is -0.118. The molecular formula is C50H54N6O7. The average molecular weight is 851 g/mol. The van der Waals surface area contributed by atoms with Crippen LogP contribution < -0.4 is 20.9 Å². The van der Waals surface area contributed by atoms with Crippen molar-refractivity contribution in [2.75, 3.05) is 50.0 Å². The molecule has 4 aromatic rings. The summed E-state index contributed by atoms with van der Waals surface area (Å²) in [6.45, 7) is 4.73. The van der Waals surface area contributed by atoms with Crippen LogP contribution in [0.2, 0.25) is 0 Å². The van der Waals surface area contributed by atoms with Crippen molar-refractivity contribution in [2.45, 2.75) is 50.9 Å². The summed E-state index contributed by atoms with van der Waals surface area (Å²) in [6.07, 6.45) is 6.90. The Morgan fingerprint density at radius 3 is 2.46 bits per heavy atom. The molecule has 1 saturated heterocycles. The quantitative estimate of drug-likeness (QED) is 0.0801. The first-order chi connectivity index (χ1) is 30.5. The van der Waals surface area contributed by atoms with Crippen molar-refractivity contribution in [3.05, 3.63) is 155 Å². The Morgan fingerprint density at radius 1 is 0.937 bits per heavy atom. The van der Waals surface area contributed by atoms with Gasteiger partial charge in [0, 0.05) is 81.0 Å². The van der Waals surface area contributed by atoms with Crippen molar-refractivity contribution in [1.29, 1.82) is 0 Å². The van der Waals surface area contributed by atoms with Gasteiger partial charge in [0.05, 0.1) is 17.5 Å². The van der Waals surface area contributed by atoms with Gasteiger partial charge in [0.1, 0.15) is 11.9 Å². The number of carbonyl (C=O) groups is 4. The number of nitrogens with zero attached hydrogens (tertiary/aromatic N) is 3. The molecule has 0 spiro atoms. The number of aliphatic hydroxyl groups excluding tert-OH is 2. The number of dihydropyridines is 1. The molecule has 7 rings (SSSR count). The third-order valence-corrected chi connectivity index (χ3v) is 11.8. The molecule has 3 aliphatic rings. The van der Waals surface area contributed by atoms with E-state index < -0.39 is 24.0 Å². The van der Waals surface area contributed by atoms with E-state index in [1.54, 1.807) is 48.4 Å². The third kappa shape index (κ3) is 11.6. The van der Waals surface area contributed by atoms with E-state index in [-0.39, 0.29) is 42.0 Å². The molecule has 1 unspecified atom stereocenters. The minimum atomic E-state index is -0.862. The summed E-state index contributed by atoms with van der Waals surface area (Å²) in [5.41, 5.74) is 6.79. The SMILES string of the molecule is C[C@@H](NC[C@H](O)C1=CC=C(O)C2=NC(=O)C=CC12)c1cccc(CCNC(=O)c2ccc(N(C)C(=O)CCN3CCC(OC(=O)Nc4ccccc4-c4ccccc4)CC3)cc2)c1. The number of hydrogen-bond donors (Lipinski definition) is 5. The van der Waals surface area contributed by atoms with Gasteiger partial charge in [-0.15, -0.1) is 0 Å². The number of rotatable bonds is 16. The molecule has 1 fully saturated rings. The maximum Gasteiger partial charge on any atom is 0.411 e. The van der Waals surface area contributed by atoms with Crippen molar-refractivity contribution in [3.63, 3.8) is 0 Å². The zero-order valence-electron chi connectivity index (χ0n) is 35.6. The number of piperidine rings is 1. The first-order valence-corrected chi connectivity index (χ1v) is 21.4. The first kappa shape index (κ1) is 44.4. The lowest BCUT2D eigenvalue weighted by Gasteiger charge is -2.31. The molecule has 0 saturated carbocycles. The summed E-state index contributed by atoms with van der Waals surface area (Å²) >= 11 is 0. The van der Waals surface area contributed by atoms with E-state index in [2.05, 4.69) is 31.9 Å². The van der Waals surface area contributed by atoms with E-state index >= 15 is 0 Å². The molecule has 63 heavy (non-hydrogen) atoms. The highest BCUT2D eigenvalue weighted by molar-refractivity contribution is 6.13. The fourth-order valence-electron chi connectivity index (χ4n) is 8.03. The van der Waals surface area contributed by atoms with Gasteiger partial charge in [-0.1, -0.05) is 84.9 Å². The number of carbonyl (C=O) groups excluding carboxylic acids is 4. The number of para-hydroxylation sites is 1. The molecule has 3 atom stereocenters. The van der Waals surface area contributed by atoms with Gasteiger partial charge >= 0.3 is 6.09 Å². The zero-order valence-corrected chi connectivity index (χ0v) is 35.6. The standard InChI is InChI=1S/C50H54N6O7/c1-33(52-32-45(58)41-19-21-44(57)48-42(41)20-22-46(59)54-48)37-12-8-9-34(31-37)23-27-51-49(61)36-15-17-38(18-16-36)55(2)47(60)26-30-56-28-24-39(25-29-56)63-50(62)53-43-14-7-6-13-40(43)35-10-4-3-5-11-35/h3-22,31,33,39,42,45,52,57-58H,23-30,32H2,1-2H3,(H,51,61)(H,53,62)/t33-,42?,45+/m1/s1. The molecule has 0 bridgehead atoms. The monoisotopic (exact) mass is 850 g/mol. The number of aliphatic hydroxyl groups is 2. The van der Waals surface area contributed by atoms with Crippen LogP contribution >= 0.6 is 0 Å². The minimum Gasteiger partial charge on any atom is -0.506 e. The van der Waals surface area contributed by atoms with Crippen LogP contribution in [-0.2, 0) is 20.7 Å². The fourth-order valence-corrected chi connectivity index (χ4v) is 8.03. The van der Waals surface area contributed by atoms with Gasteiger partial charge < -0.3 is 35.4 Å². The second-order valence-electron chi connectivity index (χ2n) is 16.0. The molecule has 2 aliphatic heterocycles. The summed E-state index contributed by atoms with van der Waals surface area (Å²) in [6, 6.07) is 32.5. The minimum absolute atomic E-state index is 0.0330. The Balaban J connectivity index is 0.796. The molecule has 13 nitrogen and oxygen atoms in total. The number of fused-ring (bicyclic) bond motifs is 1. The highest BCUT2D eigenvalue weighted by Gasteiger charge is 2.31. The summed E-state index contributed by atoms with van der Waals surface area (Å²) in [5, 5.41) is 30.5. The number of benzene rings is 4. The maximum absolute atomic E-state index is 13.2. The van der Waals surface area contributed by atoms with Gasteiger partial charge in [-0.05, 0) is 84.9 Å². The summed E-state index contributed by atoms with van der Waals surface area (Å²) in [7, 11) is 1.74. The maximum atomic E-state index is 13.2. The zero-order chi connectivity index (χ0) is 44.3. The van der Waals surface area contributed by atoms with Crippen LogP contribution in [0.25, 0.3) is 11.1 Å². The fraction of sp³-hybridized carbons (Fsp3) is 0.300. The molecule has 0 radical (unpaired) electrons. The predicted molar refractivity (Wildman–Crippen MR) is 245 cm³/mol. The molecule has 4 aromatic carbocycles. The van der Waals surface area contributed by atoms with E-state index in [9.17, 15) is 29.4 Å². The molecule has 4 amide bonds. The molecule has 5 N–H and O–H groups in total. The number of allylic oxidation sites excluding steroid dienone is 4. The summed E-state index contributed by atoms with van der Waals surface area (Å²) < 4.78 is 5.77. The predicted octanol–water partition coefficient (Wildman–Crippen LogP) is 6.94. The lowest BCUT2D eigenvalue weighted by atomic mass is 9.83. The Labute approximate surface area is 367 Å². The molecule has 0 aromatic heterocycles. The highest BCUT2D eigenvalue weighted by Crippen LogP contribution is 2.30. The largest absolute Gasteiger partial charge is 0.506 e. The van der Waals surface area contributed by atoms with Gasteiger partial charge in [-0.2, -0.15) is 0 Å². The van der Waals surface area contributed by atoms with Crippen LogP contribution in [0.1, 0.15) is 53.7 Å². The van der Waals surface area contributed by atoms with Crippen molar-refractivity contribution < 1.29 is 34.1 Å². The topological polar surface area (TPSA) is 173 Å². The molecule has 13 heteroatoms. The van der Waals surface area contributed by atoms with Crippen molar-refractivity contribution >= 4 is 40.9 Å². The molecule has 1 aliphatic carbocycles. The summed E-state index contributed by atoms with van der Waals surface area (Å²) in [5.74, 6) is -1.21. The van der Waals surface area contributed by atoms with Gasteiger partial charge in [-0.25, -0.2) is 9.79 Å². The third-order valence-electron chi connectivity index (χ3n) is 11.8. The number of nitrogens with one attached hydrogen (secondary N) is 3. The Bertz CT molecular complexity index is 2400. The van der Waals surface area contributed by atoms with Crippen LogP contribution in [-0.4, -0.2) is 96.6 Å². The van der Waals surface area contributed by atoms with E-state index in [1.807, 2.05) is 79.7 Å². The second kappa shape index (κ2) is 20.9. The van der Waals surface area contributed by atoms with Gasteiger partial charge in [0.2, 0.25) is 5.91 Å². The number of likely N-dealkylation sites (tertiary alicyclic amines) is 1. The number of ether oxygens (including phenoxy) is 1. The van der Waals surface area contributed by atoms with Crippen LogP contribution in [0.3, 0.4) is 0 Å². The van der Waals surface area contributed by atoms with Gasteiger partial charge in [0.25, 0.3) is 11.8 Å². The first-order valence-electron chi connectivity index (χ1n) is 21.4. The van der Waals surface area contributed by atoms with Gasteiger partial charge in [0.15, 0.2) is 0 Å². The van der Waals surface area contributed by atoms with Crippen LogP contribution in [0.4, 0.5) is 16.2 Å². The van der Waals surface area contributed by atoms with Gasteiger partial charge in [-0.3, -0.25) is 19.7 Å². The van der Waals surface area contributed by atoms with Crippen molar-refractivity contribution in [1.82, 2.24) is 15.5 Å². The van der Waals surface area contributed by atoms with E-state index in [0.29, 0.717) is 61.3 Å². The second-order valence-corrected chi connectivity index (χ2v) is 16.0. The molecular weight excluding hydrogens is 797 g/mol. The summed E-state index contributed by atoms with van der Waals surface area (Å²) in [4.78, 5) is 58.5. The lowest BCUT2D eigenvalue weighted by Crippen LogP contribution is -2.40. The number of aliphatic imine (C=N–C) groups is 1. The van der Waals surface area contributed by atoms with E-state index in [1.165, 1.54) is 12.2 Å². The van der Waals surface area contributed by atoms with Crippen molar-refractivity contribution in [2.24, 2.45) is 10.9 Å². The van der Waals surface area contributed by atoms with Crippen LogP contribution in [0.5, 0.6) is 0 Å². The number of hydrogen-bond acceptors (Lipinski definition) is 9. The van der Waals surface area contributed by atoms with Crippen LogP contribution in [0.15, 0.2) is 144 Å². The molecule has 326 valence electrons. The average Bonchev–Trinajstić information content (AvgIpc) is 3.31. The Hall–Kier alpha value is -6.67. The Morgan fingerprint density at radius 2 is 1.68 bits per heavy atom. The number of amides is 4. The van der Waals surface area contributed by atoms with Crippen LogP contribution in [0, 0.1) is 5.92 Å². The highest BCUT2D eigenvalue weighted by atomic mass is 16.6. The Kier molecular flexibility index (Phi) is 14.7. The smallest absolute Gasteiger partial charge is 0.411 e. The normalized spacial score (nSPS) is 17.3. The van der Waals surface area contributed by atoms with E-state index in [4.69, 9.17) is 4.74 Å².